The number of rotatable bonds is 5. The fourth-order valence-corrected chi connectivity index (χ4v) is 4.44. The molecule has 110 valence electrons. The molecule has 1 saturated carbocycles. The summed E-state index contributed by atoms with van der Waals surface area (Å²) < 4.78 is 5.57. The van der Waals surface area contributed by atoms with Gasteiger partial charge in [-0.3, -0.25) is 4.79 Å². The molecule has 2 aliphatic rings. The molecular formula is C15H27NO2S. The molecule has 1 heterocycles. The smallest absolute Gasteiger partial charge is 0.308 e. The third-order valence-electron chi connectivity index (χ3n) is 4.36. The maximum Gasteiger partial charge on any atom is 0.308 e. The zero-order valence-corrected chi connectivity index (χ0v) is 13.1. The van der Waals surface area contributed by atoms with Crippen molar-refractivity contribution < 1.29 is 9.53 Å². The van der Waals surface area contributed by atoms with E-state index < -0.39 is 0 Å². The molecule has 1 N–H and O–H groups in total. The largest absolute Gasteiger partial charge is 0.466 e. The van der Waals surface area contributed by atoms with Crippen molar-refractivity contribution in [1.29, 1.82) is 0 Å². The van der Waals surface area contributed by atoms with Gasteiger partial charge in [0, 0.05) is 17.3 Å². The molecule has 2 fully saturated rings. The van der Waals surface area contributed by atoms with Crippen LogP contribution in [0.5, 0.6) is 0 Å². The van der Waals surface area contributed by atoms with Crippen LogP contribution >= 0.6 is 11.8 Å². The number of ether oxygens (including phenoxy) is 1. The lowest BCUT2D eigenvalue weighted by molar-refractivity contribution is -0.149. The lowest BCUT2D eigenvalue weighted by Gasteiger charge is -2.32. The predicted molar refractivity (Wildman–Crippen MR) is 80.5 cm³/mol. The Hall–Kier alpha value is -0.220. The van der Waals surface area contributed by atoms with E-state index in [0.717, 1.165) is 25.8 Å². The molecule has 1 saturated heterocycles. The summed E-state index contributed by atoms with van der Waals surface area (Å²) >= 11 is 2.09. The van der Waals surface area contributed by atoms with Crippen LogP contribution in [-0.2, 0) is 9.53 Å². The average Bonchev–Trinajstić information content (AvgIpc) is 2.85. The summed E-state index contributed by atoms with van der Waals surface area (Å²) in [6, 6.07) is 0.501. The van der Waals surface area contributed by atoms with Gasteiger partial charge < -0.3 is 10.1 Å². The minimum atomic E-state index is 0.00968. The third kappa shape index (κ3) is 4.38. The molecule has 3 atom stereocenters. The van der Waals surface area contributed by atoms with E-state index in [1.54, 1.807) is 0 Å². The van der Waals surface area contributed by atoms with Crippen LogP contribution in [0.3, 0.4) is 0 Å². The molecule has 2 rings (SSSR count). The van der Waals surface area contributed by atoms with E-state index in [1.807, 2.05) is 6.92 Å². The van der Waals surface area contributed by atoms with E-state index in [0.29, 0.717) is 17.4 Å². The number of hydrogen-bond acceptors (Lipinski definition) is 4. The van der Waals surface area contributed by atoms with E-state index >= 15 is 0 Å². The van der Waals surface area contributed by atoms with Crippen LogP contribution in [0, 0.1) is 5.92 Å². The molecule has 0 aromatic heterocycles. The number of hydrogen-bond donors (Lipinski definition) is 1. The molecule has 3 unspecified atom stereocenters. The highest BCUT2D eigenvalue weighted by Gasteiger charge is 2.32. The zero-order chi connectivity index (χ0) is 13.7. The highest BCUT2D eigenvalue weighted by molar-refractivity contribution is 8.00. The molecule has 3 nitrogen and oxygen atoms in total. The molecule has 0 aromatic carbocycles. The normalized spacial score (nSPS) is 35.3. The Morgan fingerprint density at radius 1 is 1.42 bits per heavy atom. The second kappa shape index (κ2) is 6.98. The van der Waals surface area contributed by atoms with Gasteiger partial charge in [-0.2, -0.15) is 11.8 Å². The van der Waals surface area contributed by atoms with Crippen molar-refractivity contribution in [3.8, 4) is 0 Å². The monoisotopic (exact) mass is 285 g/mol. The molecule has 1 aliphatic heterocycles. The van der Waals surface area contributed by atoms with Crippen molar-refractivity contribution in [1.82, 2.24) is 5.32 Å². The van der Waals surface area contributed by atoms with E-state index in [9.17, 15) is 4.79 Å². The number of thioether (sulfide) groups is 1. The second-order valence-corrected chi connectivity index (χ2v) is 7.78. The van der Waals surface area contributed by atoms with Crippen molar-refractivity contribution in [3.05, 3.63) is 0 Å². The van der Waals surface area contributed by atoms with Crippen LogP contribution in [0.25, 0.3) is 0 Å². The fraction of sp³-hybridized carbons (Fsp3) is 0.933. The Labute approximate surface area is 121 Å². The first-order chi connectivity index (χ1) is 9.13. The Bertz CT molecular complexity index is 303. The van der Waals surface area contributed by atoms with Gasteiger partial charge in [0.2, 0.25) is 0 Å². The van der Waals surface area contributed by atoms with E-state index in [-0.39, 0.29) is 11.9 Å². The SMILES string of the molecule is CCOC(=O)C1CCCC(NCC2(C)CCCS2)C1. The van der Waals surface area contributed by atoms with Gasteiger partial charge in [0.15, 0.2) is 0 Å². The van der Waals surface area contributed by atoms with Crippen molar-refractivity contribution >= 4 is 17.7 Å². The summed E-state index contributed by atoms with van der Waals surface area (Å²) in [5, 5.41) is 3.70. The fourth-order valence-electron chi connectivity index (χ4n) is 3.19. The quantitative estimate of drug-likeness (QED) is 0.788. The summed E-state index contributed by atoms with van der Waals surface area (Å²) in [4.78, 5) is 11.8. The van der Waals surface area contributed by atoms with Crippen LogP contribution in [0.2, 0.25) is 0 Å². The molecular weight excluding hydrogens is 258 g/mol. The summed E-state index contributed by atoms with van der Waals surface area (Å²) in [6.07, 6.45) is 6.97. The Morgan fingerprint density at radius 2 is 2.26 bits per heavy atom. The molecule has 0 radical (unpaired) electrons. The van der Waals surface area contributed by atoms with Crippen molar-refractivity contribution in [2.24, 2.45) is 5.92 Å². The van der Waals surface area contributed by atoms with Crippen LogP contribution in [0.4, 0.5) is 0 Å². The zero-order valence-electron chi connectivity index (χ0n) is 12.2. The molecule has 0 aromatic rings. The lowest BCUT2D eigenvalue weighted by Crippen LogP contribution is -2.42. The van der Waals surface area contributed by atoms with Crippen molar-refractivity contribution in [2.75, 3.05) is 18.9 Å². The van der Waals surface area contributed by atoms with Crippen LogP contribution in [0.15, 0.2) is 0 Å². The number of esters is 1. The predicted octanol–water partition coefficient (Wildman–Crippen LogP) is 2.98. The minimum Gasteiger partial charge on any atom is -0.466 e. The molecule has 0 spiro atoms. The van der Waals surface area contributed by atoms with Crippen LogP contribution < -0.4 is 5.32 Å². The molecule has 4 heteroatoms. The maximum atomic E-state index is 11.8. The van der Waals surface area contributed by atoms with Crippen molar-refractivity contribution in [2.45, 2.75) is 63.2 Å². The summed E-state index contributed by atoms with van der Waals surface area (Å²) in [6.45, 7) is 5.83. The van der Waals surface area contributed by atoms with E-state index in [4.69, 9.17) is 4.74 Å². The van der Waals surface area contributed by atoms with E-state index in [2.05, 4.69) is 24.0 Å². The molecule has 0 bridgehead atoms. The summed E-state index contributed by atoms with van der Waals surface area (Å²) in [5.41, 5.74) is 0. The van der Waals surface area contributed by atoms with Crippen molar-refractivity contribution in [3.63, 3.8) is 0 Å². The standard InChI is InChI=1S/C15H27NO2S/c1-3-18-14(17)12-6-4-7-13(10-12)16-11-15(2)8-5-9-19-15/h12-13,16H,3-11H2,1-2H3. The highest BCUT2D eigenvalue weighted by atomic mass is 32.2. The topological polar surface area (TPSA) is 38.3 Å². The van der Waals surface area contributed by atoms with Gasteiger partial charge in [-0.05, 0) is 51.7 Å². The van der Waals surface area contributed by atoms with Gasteiger partial charge in [0.1, 0.15) is 0 Å². The van der Waals surface area contributed by atoms with Crippen LogP contribution in [-0.4, -0.2) is 35.7 Å². The summed E-state index contributed by atoms with van der Waals surface area (Å²) in [7, 11) is 0. The molecule has 19 heavy (non-hydrogen) atoms. The first-order valence-corrected chi connectivity index (χ1v) is 8.65. The highest BCUT2D eigenvalue weighted by Crippen LogP contribution is 2.37. The van der Waals surface area contributed by atoms with Gasteiger partial charge in [-0.15, -0.1) is 0 Å². The van der Waals surface area contributed by atoms with Gasteiger partial charge in [-0.25, -0.2) is 0 Å². The van der Waals surface area contributed by atoms with Gasteiger partial charge in [0.25, 0.3) is 0 Å². The molecule has 0 amide bonds. The first-order valence-electron chi connectivity index (χ1n) is 7.67. The lowest BCUT2D eigenvalue weighted by atomic mass is 9.85. The number of carbonyl (C=O) groups is 1. The second-order valence-electron chi connectivity index (χ2n) is 6.10. The molecule has 1 aliphatic carbocycles. The van der Waals surface area contributed by atoms with Gasteiger partial charge in [-0.1, -0.05) is 6.42 Å². The summed E-state index contributed by atoms with van der Waals surface area (Å²) in [5.74, 6) is 1.43. The number of carbonyl (C=O) groups excluding carboxylic acids is 1. The average molecular weight is 285 g/mol. The maximum absolute atomic E-state index is 11.8. The van der Waals surface area contributed by atoms with E-state index in [1.165, 1.54) is 25.0 Å². The first kappa shape index (κ1) is 15.2. The Morgan fingerprint density at radius 3 is 2.95 bits per heavy atom. The number of nitrogens with one attached hydrogen (secondary N) is 1. The Balaban J connectivity index is 1.76. The Kier molecular flexibility index (Phi) is 5.58. The third-order valence-corrected chi connectivity index (χ3v) is 5.90. The van der Waals surface area contributed by atoms with Gasteiger partial charge >= 0.3 is 5.97 Å². The minimum absolute atomic E-state index is 0.00968. The van der Waals surface area contributed by atoms with Crippen LogP contribution in [0.1, 0.15) is 52.4 Å². The van der Waals surface area contributed by atoms with Gasteiger partial charge in [0.05, 0.1) is 12.5 Å².